The van der Waals surface area contributed by atoms with Crippen LogP contribution in [0.2, 0.25) is 0 Å². The van der Waals surface area contributed by atoms with E-state index in [0.717, 1.165) is 30.3 Å². The lowest BCUT2D eigenvalue weighted by Crippen LogP contribution is -1.96. The van der Waals surface area contributed by atoms with Gasteiger partial charge in [0.25, 0.3) is 0 Å². The summed E-state index contributed by atoms with van der Waals surface area (Å²) >= 11 is 0. The number of aromatic nitrogens is 3. The Morgan fingerprint density at radius 2 is 2.18 bits per heavy atom. The smallest absolute Gasteiger partial charge is 0.153 e. The molecule has 17 heavy (non-hydrogen) atoms. The number of hydrogen-bond acceptors (Lipinski definition) is 3. The summed E-state index contributed by atoms with van der Waals surface area (Å²) in [6, 6.07) is 3.91. The van der Waals surface area contributed by atoms with E-state index in [2.05, 4.69) is 15.2 Å². The SMILES string of the molecule is c1coc(CCc2nc(C3CCCC3)n[nH]2)c1. The first-order chi connectivity index (χ1) is 8.42. The van der Waals surface area contributed by atoms with Gasteiger partial charge < -0.3 is 4.42 Å². The first-order valence-electron chi connectivity index (χ1n) is 6.35. The van der Waals surface area contributed by atoms with Gasteiger partial charge in [-0.15, -0.1) is 0 Å². The van der Waals surface area contributed by atoms with Gasteiger partial charge in [0.1, 0.15) is 11.6 Å². The lowest BCUT2D eigenvalue weighted by Gasteiger charge is -2.00. The maximum Gasteiger partial charge on any atom is 0.153 e. The number of furan rings is 1. The van der Waals surface area contributed by atoms with E-state index >= 15 is 0 Å². The van der Waals surface area contributed by atoms with Crippen LogP contribution in [0.4, 0.5) is 0 Å². The molecule has 0 amide bonds. The molecular weight excluding hydrogens is 214 g/mol. The Morgan fingerprint density at radius 3 is 2.94 bits per heavy atom. The molecule has 1 saturated carbocycles. The Hall–Kier alpha value is -1.58. The number of nitrogens with zero attached hydrogens (tertiary/aromatic N) is 2. The Bertz CT molecular complexity index is 455. The average Bonchev–Trinajstić information content (AvgIpc) is 3.09. The molecule has 0 unspecified atom stereocenters. The van der Waals surface area contributed by atoms with Gasteiger partial charge in [0.2, 0.25) is 0 Å². The van der Waals surface area contributed by atoms with Crippen LogP contribution in [0.15, 0.2) is 22.8 Å². The van der Waals surface area contributed by atoms with E-state index in [4.69, 9.17) is 4.42 Å². The van der Waals surface area contributed by atoms with Crippen molar-refractivity contribution in [1.82, 2.24) is 15.2 Å². The Balaban J connectivity index is 1.60. The van der Waals surface area contributed by atoms with Gasteiger partial charge in [-0.25, -0.2) is 4.98 Å². The van der Waals surface area contributed by atoms with E-state index in [1.807, 2.05) is 12.1 Å². The van der Waals surface area contributed by atoms with E-state index in [-0.39, 0.29) is 0 Å². The van der Waals surface area contributed by atoms with Crippen LogP contribution in [0.5, 0.6) is 0 Å². The number of aryl methyl sites for hydroxylation is 2. The zero-order valence-electron chi connectivity index (χ0n) is 9.85. The van der Waals surface area contributed by atoms with Crippen molar-refractivity contribution in [3.63, 3.8) is 0 Å². The molecule has 1 N–H and O–H groups in total. The van der Waals surface area contributed by atoms with Crippen LogP contribution in [-0.2, 0) is 12.8 Å². The van der Waals surface area contributed by atoms with Gasteiger partial charge >= 0.3 is 0 Å². The minimum absolute atomic E-state index is 0.587. The summed E-state index contributed by atoms with van der Waals surface area (Å²) in [4.78, 5) is 4.58. The fourth-order valence-corrected chi connectivity index (χ4v) is 2.48. The molecule has 4 nitrogen and oxygen atoms in total. The standard InChI is InChI=1S/C13H17N3O/c1-2-5-10(4-1)13-14-12(15-16-13)8-7-11-6-3-9-17-11/h3,6,9-10H,1-2,4-5,7-8H2,(H,14,15,16). The molecule has 0 aromatic carbocycles. The van der Waals surface area contributed by atoms with Gasteiger partial charge in [-0.2, -0.15) is 5.10 Å². The molecule has 0 aliphatic heterocycles. The highest BCUT2D eigenvalue weighted by atomic mass is 16.3. The number of H-pyrrole nitrogens is 1. The van der Waals surface area contributed by atoms with Crippen LogP contribution in [0.1, 0.15) is 49.0 Å². The quantitative estimate of drug-likeness (QED) is 0.880. The van der Waals surface area contributed by atoms with Crippen LogP contribution in [-0.4, -0.2) is 15.2 Å². The van der Waals surface area contributed by atoms with Gasteiger partial charge in [-0.3, -0.25) is 5.10 Å². The van der Waals surface area contributed by atoms with Gasteiger partial charge in [0, 0.05) is 18.8 Å². The lowest BCUT2D eigenvalue weighted by atomic mass is 10.1. The van der Waals surface area contributed by atoms with E-state index in [1.54, 1.807) is 6.26 Å². The van der Waals surface area contributed by atoms with Crippen molar-refractivity contribution in [3.05, 3.63) is 35.8 Å². The molecule has 4 heteroatoms. The second kappa shape index (κ2) is 4.73. The van der Waals surface area contributed by atoms with E-state index in [0.29, 0.717) is 5.92 Å². The molecule has 2 heterocycles. The lowest BCUT2D eigenvalue weighted by molar-refractivity contribution is 0.506. The summed E-state index contributed by atoms with van der Waals surface area (Å²) < 4.78 is 5.30. The Morgan fingerprint density at radius 1 is 1.29 bits per heavy atom. The molecule has 0 radical (unpaired) electrons. The van der Waals surface area contributed by atoms with Crippen molar-refractivity contribution >= 4 is 0 Å². The molecule has 2 aromatic heterocycles. The second-order valence-corrected chi connectivity index (χ2v) is 4.70. The molecule has 0 bridgehead atoms. The zero-order chi connectivity index (χ0) is 11.5. The van der Waals surface area contributed by atoms with E-state index in [9.17, 15) is 0 Å². The maximum atomic E-state index is 5.30. The number of nitrogens with one attached hydrogen (secondary N) is 1. The van der Waals surface area contributed by atoms with Crippen LogP contribution < -0.4 is 0 Å². The van der Waals surface area contributed by atoms with Crippen molar-refractivity contribution in [1.29, 1.82) is 0 Å². The van der Waals surface area contributed by atoms with Crippen LogP contribution >= 0.6 is 0 Å². The first-order valence-corrected chi connectivity index (χ1v) is 6.35. The van der Waals surface area contributed by atoms with Gasteiger partial charge in [0.05, 0.1) is 6.26 Å². The Labute approximate surface area is 100 Å². The topological polar surface area (TPSA) is 54.7 Å². The van der Waals surface area contributed by atoms with Crippen LogP contribution in [0, 0.1) is 0 Å². The van der Waals surface area contributed by atoms with Gasteiger partial charge in [0.15, 0.2) is 5.82 Å². The number of rotatable bonds is 4. The largest absolute Gasteiger partial charge is 0.469 e. The fourth-order valence-electron chi connectivity index (χ4n) is 2.48. The highest BCUT2D eigenvalue weighted by Crippen LogP contribution is 2.31. The molecule has 1 aliphatic carbocycles. The van der Waals surface area contributed by atoms with Gasteiger partial charge in [-0.05, 0) is 25.0 Å². The molecule has 1 fully saturated rings. The predicted molar refractivity (Wildman–Crippen MR) is 63.7 cm³/mol. The fraction of sp³-hybridized carbons (Fsp3) is 0.538. The molecule has 0 atom stereocenters. The zero-order valence-corrected chi connectivity index (χ0v) is 9.85. The highest BCUT2D eigenvalue weighted by Gasteiger charge is 2.20. The van der Waals surface area contributed by atoms with Crippen molar-refractivity contribution in [3.8, 4) is 0 Å². The molecule has 1 aliphatic rings. The van der Waals surface area contributed by atoms with Gasteiger partial charge in [-0.1, -0.05) is 12.8 Å². The molecule has 0 spiro atoms. The average molecular weight is 231 g/mol. The summed E-state index contributed by atoms with van der Waals surface area (Å²) in [5.41, 5.74) is 0. The number of hydrogen-bond donors (Lipinski definition) is 1. The summed E-state index contributed by atoms with van der Waals surface area (Å²) in [5.74, 6) is 3.58. The number of aromatic amines is 1. The summed E-state index contributed by atoms with van der Waals surface area (Å²) in [6.07, 6.45) is 8.59. The van der Waals surface area contributed by atoms with Crippen LogP contribution in [0.25, 0.3) is 0 Å². The monoisotopic (exact) mass is 231 g/mol. The summed E-state index contributed by atoms with van der Waals surface area (Å²) in [7, 11) is 0. The normalized spacial score (nSPS) is 16.7. The van der Waals surface area contributed by atoms with Crippen molar-refractivity contribution in [2.75, 3.05) is 0 Å². The van der Waals surface area contributed by atoms with Crippen molar-refractivity contribution in [2.24, 2.45) is 0 Å². The van der Waals surface area contributed by atoms with E-state index < -0.39 is 0 Å². The third kappa shape index (κ3) is 2.40. The first kappa shape index (κ1) is 10.6. The molecule has 2 aromatic rings. The minimum atomic E-state index is 0.587. The molecule has 90 valence electrons. The molecule has 3 rings (SSSR count). The predicted octanol–water partition coefficient (Wildman–Crippen LogP) is 2.84. The highest BCUT2D eigenvalue weighted by molar-refractivity contribution is 5.03. The summed E-state index contributed by atoms with van der Waals surface area (Å²) in [6.45, 7) is 0. The molecule has 0 saturated heterocycles. The summed E-state index contributed by atoms with van der Waals surface area (Å²) in [5, 5.41) is 7.37. The third-order valence-corrected chi connectivity index (χ3v) is 3.46. The molecular formula is C13H17N3O. The third-order valence-electron chi connectivity index (χ3n) is 3.46. The maximum absolute atomic E-state index is 5.30. The minimum Gasteiger partial charge on any atom is -0.469 e. The van der Waals surface area contributed by atoms with E-state index in [1.165, 1.54) is 25.7 Å². The second-order valence-electron chi connectivity index (χ2n) is 4.70. The Kier molecular flexibility index (Phi) is 2.94. The van der Waals surface area contributed by atoms with Crippen LogP contribution in [0.3, 0.4) is 0 Å². The van der Waals surface area contributed by atoms with Crippen molar-refractivity contribution < 1.29 is 4.42 Å². The van der Waals surface area contributed by atoms with Crippen molar-refractivity contribution in [2.45, 2.75) is 44.4 Å².